The molecule has 0 bridgehead atoms. The Bertz CT molecular complexity index is 903. The fourth-order valence-corrected chi connectivity index (χ4v) is 5.37. The summed E-state index contributed by atoms with van der Waals surface area (Å²) in [6.45, 7) is 0.740. The van der Waals surface area contributed by atoms with Gasteiger partial charge in [-0.2, -0.15) is 29.3 Å². The Morgan fingerprint density at radius 3 is 2.55 bits per heavy atom. The van der Waals surface area contributed by atoms with Gasteiger partial charge >= 0.3 is 6.18 Å². The van der Waals surface area contributed by atoms with E-state index in [2.05, 4.69) is 15.3 Å². The number of halogens is 4. The summed E-state index contributed by atoms with van der Waals surface area (Å²) in [6, 6.07) is 4.73. The number of aliphatic hydroxyl groups is 1. The molecule has 31 heavy (non-hydrogen) atoms. The van der Waals surface area contributed by atoms with Crippen molar-refractivity contribution in [1.82, 2.24) is 9.97 Å². The summed E-state index contributed by atoms with van der Waals surface area (Å²) in [4.78, 5) is 9.89. The van der Waals surface area contributed by atoms with Crippen LogP contribution in [0, 0.1) is 5.82 Å². The lowest BCUT2D eigenvalue weighted by atomic mass is 9.97. The smallest absolute Gasteiger partial charge is 0.388 e. The molecule has 2 saturated heterocycles. The maximum absolute atomic E-state index is 15.2. The molecule has 3 heterocycles. The van der Waals surface area contributed by atoms with Crippen LogP contribution < -0.4 is 10.2 Å². The normalized spacial score (nSPS) is 21.3. The van der Waals surface area contributed by atoms with Gasteiger partial charge in [0.05, 0.1) is 17.2 Å². The van der Waals surface area contributed by atoms with Crippen molar-refractivity contribution in [3.8, 4) is 0 Å². The van der Waals surface area contributed by atoms with E-state index in [1.165, 1.54) is 18.5 Å². The van der Waals surface area contributed by atoms with Crippen LogP contribution in [0.1, 0.15) is 42.9 Å². The Labute approximate surface area is 182 Å². The molecule has 10 heteroatoms. The number of aromatic nitrogens is 2. The van der Waals surface area contributed by atoms with Crippen molar-refractivity contribution in [2.45, 2.75) is 43.5 Å². The Balaban J connectivity index is 1.52. The number of hydrogen-bond acceptors (Lipinski definition) is 6. The molecule has 1 aromatic carbocycles. The van der Waals surface area contributed by atoms with Crippen LogP contribution in [0.15, 0.2) is 30.6 Å². The molecule has 0 aliphatic carbocycles. The molecule has 0 unspecified atom stereocenters. The van der Waals surface area contributed by atoms with Gasteiger partial charge in [-0.05, 0) is 54.9 Å². The second kappa shape index (κ2) is 8.82. The highest BCUT2D eigenvalue weighted by Crippen LogP contribution is 2.38. The van der Waals surface area contributed by atoms with Gasteiger partial charge in [0.15, 0.2) is 11.6 Å². The van der Waals surface area contributed by atoms with Crippen LogP contribution >= 0.6 is 11.8 Å². The average Bonchev–Trinajstić information content (AvgIpc) is 3.23. The molecular weight excluding hydrogens is 432 g/mol. The number of rotatable bonds is 5. The second-order valence-corrected chi connectivity index (χ2v) is 9.25. The maximum atomic E-state index is 15.2. The van der Waals surface area contributed by atoms with Crippen LogP contribution in [-0.4, -0.2) is 45.3 Å². The highest BCUT2D eigenvalue weighted by Gasteiger charge is 2.34. The van der Waals surface area contributed by atoms with Gasteiger partial charge in [0.1, 0.15) is 6.33 Å². The van der Waals surface area contributed by atoms with Crippen LogP contribution in [0.5, 0.6) is 0 Å². The van der Waals surface area contributed by atoms with E-state index in [9.17, 15) is 18.3 Å². The number of nitrogens with one attached hydrogen (secondary N) is 1. The Morgan fingerprint density at radius 1 is 1.16 bits per heavy atom. The SMILES string of the molecule is OC1(CNc2ncnc(N3CCC[C@@H]3c3ccc(C(F)(F)F)cc3)c2F)CCSCC1. The molecular formula is C21H24F4N4OS. The summed E-state index contributed by atoms with van der Waals surface area (Å²) in [5, 5.41) is 13.6. The third-order valence-corrected chi connectivity index (χ3v) is 6.91. The van der Waals surface area contributed by atoms with Gasteiger partial charge in [-0.3, -0.25) is 0 Å². The topological polar surface area (TPSA) is 61.3 Å². The predicted octanol–water partition coefficient (Wildman–Crippen LogP) is 4.65. The quantitative estimate of drug-likeness (QED) is 0.639. The summed E-state index contributed by atoms with van der Waals surface area (Å²) < 4.78 is 53.9. The second-order valence-electron chi connectivity index (χ2n) is 8.02. The minimum atomic E-state index is -4.39. The van der Waals surface area contributed by atoms with Crippen molar-refractivity contribution in [1.29, 1.82) is 0 Å². The zero-order valence-electron chi connectivity index (χ0n) is 16.8. The fourth-order valence-electron chi connectivity index (χ4n) is 4.12. The van der Waals surface area contributed by atoms with Crippen molar-refractivity contribution < 1.29 is 22.7 Å². The molecule has 0 amide bonds. The van der Waals surface area contributed by atoms with E-state index >= 15 is 4.39 Å². The molecule has 1 aromatic heterocycles. The van der Waals surface area contributed by atoms with Gasteiger partial charge < -0.3 is 15.3 Å². The van der Waals surface area contributed by atoms with Crippen LogP contribution in [-0.2, 0) is 6.18 Å². The van der Waals surface area contributed by atoms with Gasteiger partial charge in [0.2, 0.25) is 5.82 Å². The van der Waals surface area contributed by atoms with E-state index in [1.807, 2.05) is 0 Å². The van der Waals surface area contributed by atoms with E-state index in [0.717, 1.165) is 30.1 Å². The minimum Gasteiger partial charge on any atom is -0.388 e. The molecule has 0 spiro atoms. The molecule has 168 valence electrons. The molecule has 2 aromatic rings. The molecule has 2 aliphatic heterocycles. The van der Waals surface area contributed by atoms with Crippen molar-refractivity contribution in [3.63, 3.8) is 0 Å². The minimum absolute atomic E-state index is 0.0229. The fraction of sp³-hybridized carbons (Fsp3) is 0.524. The number of alkyl halides is 3. The summed E-state index contributed by atoms with van der Waals surface area (Å²) in [6.07, 6.45) is -0.402. The highest BCUT2D eigenvalue weighted by molar-refractivity contribution is 7.99. The molecule has 2 fully saturated rings. The van der Waals surface area contributed by atoms with Gasteiger partial charge in [-0.15, -0.1) is 0 Å². The van der Waals surface area contributed by atoms with Crippen LogP contribution in [0.2, 0.25) is 0 Å². The van der Waals surface area contributed by atoms with Gasteiger partial charge in [0.25, 0.3) is 0 Å². The van der Waals surface area contributed by atoms with E-state index < -0.39 is 23.2 Å². The Kier molecular flexibility index (Phi) is 6.30. The maximum Gasteiger partial charge on any atom is 0.416 e. The van der Waals surface area contributed by atoms with Crippen molar-refractivity contribution in [2.75, 3.05) is 34.8 Å². The largest absolute Gasteiger partial charge is 0.416 e. The van der Waals surface area contributed by atoms with Crippen molar-refractivity contribution >= 4 is 23.4 Å². The third-order valence-electron chi connectivity index (χ3n) is 5.93. The predicted molar refractivity (Wildman–Crippen MR) is 113 cm³/mol. The summed E-state index contributed by atoms with van der Waals surface area (Å²) in [7, 11) is 0. The number of hydrogen-bond donors (Lipinski definition) is 2. The molecule has 2 N–H and O–H groups in total. The molecule has 1 atom stereocenters. The van der Waals surface area contributed by atoms with Gasteiger partial charge in [-0.25, -0.2) is 9.97 Å². The van der Waals surface area contributed by atoms with Crippen LogP contribution in [0.25, 0.3) is 0 Å². The number of thioether (sulfide) groups is 1. The summed E-state index contributed by atoms with van der Waals surface area (Å²) in [5.41, 5.74) is -0.911. The van der Waals surface area contributed by atoms with Crippen LogP contribution in [0.4, 0.5) is 29.2 Å². The van der Waals surface area contributed by atoms with E-state index in [1.54, 1.807) is 16.7 Å². The number of benzene rings is 1. The molecule has 0 saturated carbocycles. The standard InChI is InChI=1S/C21H24F4N4OS/c22-17-18(26-12-20(30)7-10-31-11-8-20)27-13-28-19(17)29-9-1-2-16(29)14-3-5-15(6-4-14)21(23,24)25/h3-6,13,16,30H,1-2,7-12H2,(H,26,27,28)/t16-/m1/s1. The third kappa shape index (κ3) is 4.90. The lowest BCUT2D eigenvalue weighted by molar-refractivity contribution is -0.137. The highest BCUT2D eigenvalue weighted by atomic mass is 32.2. The zero-order valence-corrected chi connectivity index (χ0v) is 17.6. The molecule has 4 rings (SSSR count). The molecule has 2 aliphatic rings. The summed E-state index contributed by atoms with van der Waals surface area (Å²) in [5.74, 6) is 1.24. The number of nitrogens with zero attached hydrogens (tertiary/aromatic N) is 3. The van der Waals surface area contributed by atoms with Crippen LogP contribution in [0.3, 0.4) is 0 Å². The first-order chi connectivity index (χ1) is 14.8. The first kappa shape index (κ1) is 22.1. The lowest BCUT2D eigenvalue weighted by Crippen LogP contribution is -2.40. The molecule has 5 nitrogen and oxygen atoms in total. The molecule has 0 radical (unpaired) electrons. The van der Waals surface area contributed by atoms with E-state index in [0.29, 0.717) is 31.4 Å². The Morgan fingerprint density at radius 2 is 1.87 bits per heavy atom. The van der Waals surface area contributed by atoms with Crippen molar-refractivity contribution in [2.24, 2.45) is 0 Å². The average molecular weight is 457 g/mol. The van der Waals surface area contributed by atoms with Gasteiger partial charge in [-0.1, -0.05) is 12.1 Å². The lowest BCUT2D eigenvalue weighted by Gasteiger charge is -2.32. The van der Waals surface area contributed by atoms with E-state index in [4.69, 9.17) is 0 Å². The monoisotopic (exact) mass is 456 g/mol. The Hall–Kier alpha value is -2.07. The number of anilines is 2. The first-order valence-electron chi connectivity index (χ1n) is 10.3. The van der Waals surface area contributed by atoms with E-state index in [-0.39, 0.29) is 24.2 Å². The van der Waals surface area contributed by atoms with Crippen molar-refractivity contribution in [3.05, 3.63) is 47.5 Å². The zero-order chi connectivity index (χ0) is 22.1. The summed E-state index contributed by atoms with van der Waals surface area (Å²) >= 11 is 1.78. The first-order valence-corrected chi connectivity index (χ1v) is 11.4. The van der Waals surface area contributed by atoms with Gasteiger partial charge in [0, 0.05) is 13.1 Å².